The van der Waals surface area contributed by atoms with Crippen LogP contribution in [0.25, 0.3) is 0 Å². The van der Waals surface area contributed by atoms with E-state index >= 15 is 0 Å². The van der Waals surface area contributed by atoms with Gasteiger partial charge in [0, 0.05) is 24.1 Å². The zero-order chi connectivity index (χ0) is 19.1. The fraction of sp³-hybridized carbons (Fsp3) is 0.263. The van der Waals surface area contributed by atoms with Crippen molar-refractivity contribution in [2.75, 3.05) is 31.4 Å². The van der Waals surface area contributed by atoms with E-state index in [4.69, 9.17) is 21.1 Å². The van der Waals surface area contributed by atoms with E-state index in [1.807, 2.05) is 13.0 Å². The first kappa shape index (κ1) is 19.6. The molecule has 0 heterocycles. The largest absolute Gasteiger partial charge is 0.495 e. The summed E-state index contributed by atoms with van der Waals surface area (Å²) in [5, 5.41) is 6.51. The number of para-hydroxylation sites is 1. The second-order valence-electron chi connectivity index (χ2n) is 5.56. The Labute approximate surface area is 157 Å². The number of benzene rings is 2. The van der Waals surface area contributed by atoms with Crippen LogP contribution in [-0.4, -0.2) is 32.6 Å². The molecular formula is C19H21ClN2O4. The highest BCUT2D eigenvalue weighted by Gasteiger charge is 2.13. The number of amides is 1. The van der Waals surface area contributed by atoms with Crippen molar-refractivity contribution in [1.29, 1.82) is 0 Å². The Morgan fingerprint density at radius 3 is 2.54 bits per heavy atom. The van der Waals surface area contributed by atoms with Gasteiger partial charge >= 0.3 is 5.97 Å². The van der Waals surface area contributed by atoms with E-state index < -0.39 is 5.97 Å². The fourth-order valence-electron chi connectivity index (χ4n) is 2.37. The van der Waals surface area contributed by atoms with Gasteiger partial charge in [-0.25, -0.2) is 4.79 Å². The summed E-state index contributed by atoms with van der Waals surface area (Å²) in [6, 6.07) is 10.3. The zero-order valence-corrected chi connectivity index (χ0v) is 15.6. The van der Waals surface area contributed by atoms with Gasteiger partial charge in [-0.15, -0.1) is 0 Å². The van der Waals surface area contributed by atoms with E-state index in [-0.39, 0.29) is 12.3 Å². The Balaban J connectivity index is 1.97. The topological polar surface area (TPSA) is 76.7 Å². The van der Waals surface area contributed by atoms with E-state index in [1.165, 1.54) is 7.11 Å². The minimum atomic E-state index is -0.500. The normalized spacial score (nSPS) is 10.2. The van der Waals surface area contributed by atoms with Crippen molar-refractivity contribution in [2.45, 2.75) is 13.3 Å². The maximum Gasteiger partial charge on any atom is 0.339 e. The van der Waals surface area contributed by atoms with E-state index in [1.54, 1.807) is 37.4 Å². The standard InChI is InChI=1S/C19H21ClN2O4/c1-12-10-16(17(25-2)11-14(12)20)21-9-8-18(23)22-15-7-5-4-6-13(15)19(24)26-3/h4-7,10-11,21H,8-9H2,1-3H3,(H,22,23). The third-order valence-corrected chi connectivity index (χ3v) is 4.16. The molecule has 2 N–H and O–H groups in total. The average Bonchev–Trinajstić information content (AvgIpc) is 2.64. The minimum Gasteiger partial charge on any atom is -0.495 e. The van der Waals surface area contributed by atoms with Gasteiger partial charge in [-0.1, -0.05) is 23.7 Å². The third-order valence-electron chi connectivity index (χ3n) is 3.75. The van der Waals surface area contributed by atoms with Gasteiger partial charge in [0.05, 0.1) is 31.2 Å². The molecule has 7 heteroatoms. The first-order chi connectivity index (χ1) is 12.5. The summed E-state index contributed by atoms with van der Waals surface area (Å²) in [6.45, 7) is 2.28. The van der Waals surface area contributed by atoms with Crippen LogP contribution in [0.3, 0.4) is 0 Å². The molecule has 0 spiro atoms. The number of rotatable bonds is 7. The molecule has 1 amide bonds. The summed E-state index contributed by atoms with van der Waals surface area (Å²) < 4.78 is 10.0. The Kier molecular flexibility index (Phi) is 6.86. The number of hydrogen-bond acceptors (Lipinski definition) is 5. The number of nitrogens with one attached hydrogen (secondary N) is 2. The van der Waals surface area contributed by atoms with Gasteiger partial charge in [0.1, 0.15) is 5.75 Å². The molecule has 0 aromatic heterocycles. The van der Waals surface area contributed by atoms with E-state index in [0.717, 1.165) is 11.3 Å². The summed E-state index contributed by atoms with van der Waals surface area (Å²) in [5.74, 6) is -0.115. The van der Waals surface area contributed by atoms with Crippen molar-refractivity contribution < 1.29 is 19.1 Å². The predicted octanol–water partition coefficient (Wildman–Crippen LogP) is 3.88. The molecule has 6 nitrogen and oxygen atoms in total. The predicted molar refractivity (Wildman–Crippen MR) is 102 cm³/mol. The van der Waals surface area contributed by atoms with Gasteiger partial charge in [-0.3, -0.25) is 4.79 Å². The Bertz CT molecular complexity index is 808. The minimum absolute atomic E-state index is 0.209. The molecular weight excluding hydrogens is 356 g/mol. The molecule has 26 heavy (non-hydrogen) atoms. The maximum absolute atomic E-state index is 12.2. The molecule has 0 aliphatic heterocycles. The second kappa shape index (κ2) is 9.10. The molecule has 2 aromatic carbocycles. The number of halogens is 1. The lowest BCUT2D eigenvalue weighted by atomic mass is 10.1. The Morgan fingerprint density at radius 2 is 1.85 bits per heavy atom. The first-order valence-corrected chi connectivity index (χ1v) is 8.39. The number of anilines is 2. The number of methoxy groups -OCH3 is 2. The summed E-state index contributed by atoms with van der Waals surface area (Å²) in [6.07, 6.45) is 0.209. The molecule has 0 aliphatic rings. The molecule has 0 radical (unpaired) electrons. The number of hydrogen-bond donors (Lipinski definition) is 2. The molecule has 0 saturated carbocycles. The SMILES string of the molecule is COC(=O)c1ccccc1NC(=O)CCNc1cc(C)c(Cl)cc1OC. The van der Waals surface area contributed by atoms with Crippen LogP contribution >= 0.6 is 11.6 Å². The van der Waals surface area contributed by atoms with Crippen molar-refractivity contribution in [1.82, 2.24) is 0 Å². The molecule has 0 fully saturated rings. The molecule has 0 aliphatic carbocycles. The molecule has 2 rings (SSSR count). The van der Waals surface area contributed by atoms with Crippen LogP contribution in [-0.2, 0) is 9.53 Å². The average molecular weight is 377 g/mol. The lowest BCUT2D eigenvalue weighted by Gasteiger charge is -2.13. The molecule has 0 atom stereocenters. The second-order valence-corrected chi connectivity index (χ2v) is 5.97. The number of esters is 1. The summed E-state index contributed by atoms with van der Waals surface area (Å²) in [5.41, 5.74) is 2.40. The lowest BCUT2D eigenvalue weighted by Crippen LogP contribution is -2.18. The van der Waals surface area contributed by atoms with Gasteiger partial charge in [-0.05, 0) is 30.7 Å². The quantitative estimate of drug-likeness (QED) is 0.717. The molecule has 0 saturated heterocycles. The maximum atomic E-state index is 12.2. The van der Waals surface area contributed by atoms with Crippen molar-refractivity contribution in [3.63, 3.8) is 0 Å². The van der Waals surface area contributed by atoms with Crippen LogP contribution in [0.15, 0.2) is 36.4 Å². The Morgan fingerprint density at radius 1 is 1.12 bits per heavy atom. The van der Waals surface area contributed by atoms with Gasteiger partial charge in [0.2, 0.25) is 5.91 Å². The molecule has 2 aromatic rings. The zero-order valence-electron chi connectivity index (χ0n) is 14.9. The fourth-order valence-corrected chi connectivity index (χ4v) is 2.53. The summed E-state index contributed by atoms with van der Waals surface area (Å²) in [4.78, 5) is 23.9. The molecule has 0 bridgehead atoms. The van der Waals surface area contributed by atoms with Crippen molar-refractivity contribution in [2.24, 2.45) is 0 Å². The van der Waals surface area contributed by atoms with Crippen molar-refractivity contribution in [3.05, 3.63) is 52.5 Å². The van der Waals surface area contributed by atoms with E-state index in [0.29, 0.717) is 28.6 Å². The molecule has 138 valence electrons. The highest BCUT2D eigenvalue weighted by atomic mass is 35.5. The number of carbonyl (C=O) groups is 2. The number of aryl methyl sites for hydroxylation is 1. The Hall–Kier alpha value is -2.73. The van der Waals surface area contributed by atoms with Gasteiger partial charge < -0.3 is 20.1 Å². The smallest absolute Gasteiger partial charge is 0.339 e. The van der Waals surface area contributed by atoms with Gasteiger partial charge in [-0.2, -0.15) is 0 Å². The van der Waals surface area contributed by atoms with Crippen LogP contribution in [0.4, 0.5) is 11.4 Å². The summed E-state index contributed by atoms with van der Waals surface area (Å²) in [7, 11) is 2.86. The lowest BCUT2D eigenvalue weighted by molar-refractivity contribution is -0.115. The number of ether oxygens (including phenoxy) is 2. The van der Waals surface area contributed by atoms with Crippen molar-refractivity contribution in [3.8, 4) is 5.75 Å². The van der Waals surface area contributed by atoms with Crippen LogP contribution in [0, 0.1) is 6.92 Å². The number of carbonyl (C=O) groups excluding carboxylic acids is 2. The van der Waals surface area contributed by atoms with E-state index in [9.17, 15) is 9.59 Å². The van der Waals surface area contributed by atoms with E-state index in [2.05, 4.69) is 10.6 Å². The van der Waals surface area contributed by atoms with Crippen LogP contribution in [0.2, 0.25) is 5.02 Å². The van der Waals surface area contributed by atoms with Gasteiger partial charge in [0.25, 0.3) is 0 Å². The highest BCUT2D eigenvalue weighted by Crippen LogP contribution is 2.30. The van der Waals surface area contributed by atoms with Crippen LogP contribution in [0.5, 0.6) is 5.75 Å². The summed E-state index contributed by atoms with van der Waals surface area (Å²) >= 11 is 6.08. The highest BCUT2D eigenvalue weighted by molar-refractivity contribution is 6.31. The van der Waals surface area contributed by atoms with Crippen LogP contribution in [0.1, 0.15) is 22.3 Å². The van der Waals surface area contributed by atoms with Crippen molar-refractivity contribution >= 4 is 34.9 Å². The monoisotopic (exact) mass is 376 g/mol. The third kappa shape index (κ3) is 4.89. The van der Waals surface area contributed by atoms with Crippen LogP contribution < -0.4 is 15.4 Å². The molecule has 0 unspecified atom stereocenters. The van der Waals surface area contributed by atoms with Gasteiger partial charge in [0.15, 0.2) is 0 Å². The first-order valence-electron chi connectivity index (χ1n) is 8.01.